The minimum absolute atomic E-state index is 0.142. The van der Waals surface area contributed by atoms with Gasteiger partial charge in [0.05, 0.1) is 6.54 Å². The average Bonchev–Trinajstić information content (AvgIpc) is 3.11. The summed E-state index contributed by atoms with van der Waals surface area (Å²) in [5.41, 5.74) is 6.09. The Labute approximate surface area is 168 Å². The Kier molecular flexibility index (Phi) is 5.88. The summed E-state index contributed by atoms with van der Waals surface area (Å²) in [4.78, 5) is 4.54. The highest BCUT2D eigenvalue weighted by Gasteiger charge is 2.20. The molecule has 4 heteroatoms. The molecule has 1 heterocycles. The third-order valence-electron chi connectivity index (χ3n) is 4.77. The first-order valence-corrected chi connectivity index (χ1v) is 9.67. The number of rotatable bonds is 6. The lowest BCUT2D eigenvalue weighted by molar-refractivity contribution is 0.499. The third kappa shape index (κ3) is 5.49. The van der Waals surface area contributed by atoms with Crippen LogP contribution < -0.4 is 16.0 Å². The predicted molar refractivity (Wildman–Crippen MR) is 121 cm³/mol. The zero-order chi connectivity index (χ0) is 20.1. The molecule has 2 aromatic carbocycles. The highest BCUT2D eigenvalue weighted by Crippen LogP contribution is 2.27. The average molecular weight is 375 g/mol. The Hall–Kier alpha value is -3.01. The Morgan fingerprint density at radius 1 is 0.964 bits per heavy atom. The van der Waals surface area contributed by atoms with Gasteiger partial charge < -0.3 is 16.0 Å². The number of nitrogens with zero attached hydrogens (tertiary/aromatic N) is 1. The highest BCUT2D eigenvalue weighted by molar-refractivity contribution is 5.97. The van der Waals surface area contributed by atoms with Crippen molar-refractivity contribution in [2.24, 2.45) is 10.4 Å². The summed E-state index contributed by atoms with van der Waals surface area (Å²) in [6.45, 7) is 14.3. The van der Waals surface area contributed by atoms with E-state index >= 15 is 0 Å². The first-order chi connectivity index (χ1) is 13.3. The molecule has 28 heavy (non-hydrogen) atoms. The molecule has 0 bridgehead atoms. The van der Waals surface area contributed by atoms with Crippen molar-refractivity contribution in [2.45, 2.75) is 34.2 Å². The molecule has 146 valence electrons. The zero-order valence-electron chi connectivity index (χ0n) is 17.3. The zero-order valence-corrected chi connectivity index (χ0v) is 17.3. The largest absolute Gasteiger partial charge is 0.381 e. The third-order valence-corrected chi connectivity index (χ3v) is 4.77. The molecule has 0 radical (unpaired) electrons. The lowest BCUT2D eigenvalue weighted by Gasteiger charge is -2.18. The van der Waals surface area contributed by atoms with Crippen molar-refractivity contribution in [1.82, 2.24) is 5.32 Å². The molecular formula is C24H30N4. The molecular weight excluding hydrogens is 344 g/mol. The van der Waals surface area contributed by atoms with E-state index in [4.69, 9.17) is 0 Å². The van der Waals surface area contributed by atoms with Gasteiger partial charge in [0.25, 0.3) is 0 Å². The molecule has 0 aliphatic carbocycles. The number of aryl methyl sites for hydroxylation is 1. The topological polar surface area (TPSA) is 48.5 Å². The molecule has 0 amide bonds. The van der Waals surface area contributed by atoms with Crippen molar-refractivity contribution in [3.8, 4) is 0 Å². The van der Waals surface area contributed by atoms with Crippen molar-refractivity contribution in [2.75, 3.05) is 17.2 Å². The molecule has 2 aromatic rings. The van der Waals surface area contributed by atoms with E-state index in [1.165, 1.54) is 16.7 Å². The molecule has 3 rings (SSSR count). The van der Waals surface area contributed by atoms with Crippen molar-refractivity contribution in [3.05, 3.63) is 83.7 Å². The van der Waals surface area contributed by atoms with E-state index in [0.717, 1.165) is 30.3 Å². The first-order valence-electron chi connectivity index (χ1n) is 9.67. The van der Waals surface area contributed by atoms with Gasteiger partial charge in [-0.1, -0.05) is 57.2 Å². The number of nitrogens with one attached hydrogen (secondary N) is 3. The van der Waals surface area contributed by atoms with Crippen LogP contribution in [0.2, 0.25) is 0 Å². The molecule has 0 atom stereocenters. The molecule has 0 unspecified atom stereocenters. The summed E-state index contributed by atoms with van der Waals surface area (Å²) < 4.78 is 0. The summed E-state index contributed by atoms with van der Waals surface area (Å²) in [7, 11) is 0. The Morgan fingerprint density at radius 2 is 1.61 bits per heavy atom. The second kappa shape index (κ2) is 8.34. The van der Waals surface area contributed by atoms with Crippen LogP contribution in [0.5, 0.6) is 0 Å². The van der Waals surface area contributed by atoms with Crippen molar-refractivity contribution in [1.29, 1.82) is 0 Å². The summed E-state index contributed by atoms with van der Waals surface area (Å²) in [5, 5.41) is 9.98. The maximum Gasteiger partial charge on any atom is 0.126 e. The lowest BCUT2D eigenvalue weighted by Crippen LogP contribution is -2.24. The fourth-order valence-corrected chi connectivity index (χ4v) is 2.90. The highest BCUT2D eigenvalue weighted by atomic mass is 15.1. The minimum atomic E-state index is 0.142. The van der Waals surface area contributed by atoms with Crippen LogP contribution in [0, 0.1) is 12.3 Å². The van der Waals surface area contributed by atoms with Gasteiger partial charge >= 0.3 is 0 Å². The molecule has 4 nitrogen and oxygen atoms in total. The van der Waals surface area contributed by atoms with Crippen LogP contribution in [-0.2, 0) is 6.54 Å². The second-order valence-electron chi connectivity index (χ2n) is 8.27. The molecule has 3 N–H and O–H groups in total. The fourth-order valence-electron chi connectivity index (χ4n) is 2.90. The van der Waals surface area contributed by atoms with Gasteiger partial charge in [-0.15, -0.1) is 0 Å². The quantitative estimate of drug-likeness (QED) is 0.629. The van der Waals surface area contributed by atoms with Crippen LogP contribution in [-0.4, -0.2) is 12.4 Å². The summed E-state index contributed by atoms with van der Waals surface area (Å²) >= 11 is 0. The smallest absolute Gasteiger partial charge is 0.126 e. The van der Waals surface area contributed by atoms with E-state index in [0.29, 0.717) is 5.82 Å². The summed E-state index contributed by atoms with van der Waals surface area (Å²) in [5.74, 6) is 1.57. The molecule has 1 aliphatic heterocycles. The molecule has 0 saturated heterocycles. The van der Waals surface area contributed by atoms with Crippen LogP contribution in [0.4, 0.5) is 11.4 Å². The van der Waals surface area contributed by atoms with E-state index in [1.54, 1.807) is 0 Å². The molecule has 1 aliphatic rings. The van der Waals surface area contributed by atoms with E-state index in [9.17, 15) is 0 Å². The Balaban J connectivity index is 1.49. The van der Waals surface area contributed by atoms with E-state index in [2.05, 4.69) is 97.7 Å². The van der Waals surface area contributed by atoms with Crippen LogP contribution >= 0.6 is 0 Å². The Bertz CT molecular complexity index is 882. The van der Waals surface area contributed by atoms with Gasteiger partial charge in [0.1, 0.15) is 11.7 Å². The monoisotopic (exact) mass is 374 g/mol. The number of benzene rings is 2. The standard InChI is InChI=1S/C24H30N4/c1-17-6-8-19(9-7-17)15-25-21-10-12-22(13-11-21)27-18(2)28-23-14-20(16-26-23)24(3,4)5/h6-14,25,27H,2,15-16H2,1,3-5H3,(H,26,28). The number of hydrogen-bond acceptors (Lipinski definition) is 4. The predicted octanol–water partition coefficient (Wildman–Crippen LogP) is 5.46. The van der Waals surface area contributed by atoms with Gasteiger partial charge in [-0.2, -0.15) is 0 Å². The number of hydrogen-bond donors (Lipinski definition) is 3. The van der Waals surface area contributed by atoms with Crippen LogP contribution in [0.25, 0.3) is 0 Å². The van der Waals surface area contributed by atoms with Crippen molar-refractivity contribution >= 4 is 17.2 Å². The SMILES string of the molecule is C=C(NC1=NCC(C(C)(C)C)=C1)Nc1ccc(NCc2ccc(C)cc2)cc1. The van der Waals surface area contributed by atoms with Crippen LogP contribution in [0.3, 0.4) is 0 Å². The summed E-state index contributed by atoms with van der Waals surface area (Å²) in [6, 6.07) is 16.8. The maximum atomic E-state index is 4.54. The van der Waals surface area contributed by atoms with Crippen LogP contribution in [0.15, 0.2) is 77.6 Å². The van der Waals surface area contributed by atoms with Gasteiger partial charge in [-0.25, -0.2) is 0 Å². The van der Waals surface area contributed by atoms with Crippen molar-refractivity contribution in [3.63, 3.8) is 0 Å². The molecule has 0 fully saturated rings. The number of amidine groups is 1. The fraction of sp³-hybridized carbons (Fsp3) is 0.292. The maximum absolute atomic E-state index is 4.54. The molecule has 0 aromatic heterocycles. The summed E-state index contributed by atoms with van der Waals surface area (Å²) in [6.07, 6.45) is 2.12. The molecule has 0 saturated carbocycles. The number of aliphatic imine (C=N–C) groups is 1. The first kappa shape index (κ1) is 19.7. The van der Waals surface area contributed by atoms with Gasteiger partial charge in [0.2, 0.25) is 0 Å². The molecule has 0 spiro atoms. The van der Waals surface area contributed by atoms with Gasteiger partial charge in [0, 0.05) is 17.9 Å². The van der Waals surface area contributed by atoms with Crippen molar-refractivity contribution < 1.29 is 0 Å². The Morgan fingerprint density at radius 3 is 2.21 bits per heavy atom. The van der Waals surface area contributed by atoms with Gasteiger partial charge in [-0.3, -0.25) is 4.99 Å². The van der Waals surface area contributed by atoms with Gasteiger partial charge in [0.15, 0.2) is 0 Å². The van der Waals surface area contributed by atoms with Gasteiger partial charge in [-0.05, 0) is 53.8 Å². The number of anilines is 2. The van der Waals surface area contributed by atoms with E-state index in [1.807, 2.05) is 12.1 Å². The minimum Gasteiger partial charge on any atom is -0.381 e. The van der Waals surface area contributed by atoms with Crippen LogP contribution in [0.1, 0.15) is 31.9 Å². The lowest BCUT2D eigenvalue weighted by atomic mass is 9.87. The second-order valence-corrected chi connectivity index (χ2v) is 8.27. The van der Waals surface area contributed by atoms with E-state index < -0.39 is 0 Å². The van der Waals surface area contributed by atoms with E-state index in [-0.39, 0.29) is 5.41 Å². The normalized spacial score (nSPS) is 13.6.